The fourth-order valence-corrected chi connectivity index (χ4v) is 3.35. The maximum atomic E-state index is 12.3. The highest BCUT2D eigenvalue weighted by Gasteiger charge is 2.13. The summed E-state index contributed by atoms with van der Waals surface area (Å²) < 4.78 is 10.7. The van der Waals surface area contributed by atoms with Crippen LogP contribution in [0.2, 0.25) is 0 Å². The Morgan fingerprint density at radius 1 is 0.862 bits per heavy atom. The number of nitrogens with one attached hydrogen (secondary N) is 2. The van der Waals surface area contributed by atoms with Gasteiger partial charge in [-0.2, -0.15) is 0 Å². The smallest absolute Gasteiger partial charge is 0.242 e. The lowest BCUT2D eigenvalue weighted by atomic mass is 10.0. The summed E-state index contributed by atoms with van der Waals surface area (Å²) in [6.45, 7) is 0. The molecule has 0 radical (unpaired) electrons. The Morgan fingerprint density at radius 2 is 1.59 bits per heavy atom. The molecule has 0 aliphatic heterocycles. The van der Waals surface area contributed by atoms with Crippen LogP contribution in [0.4, 0.5) is 0 Å². The Balaban J connectivity index is 1.36. The summed E-state index contributed by atoms with van der Waals surface area (Å²) in [5, 5.41) is 2.94. The van der Waals surface area contributed by atoms with Crippen molar-refractivity contribution < 1.29 is 18.7 Å². The van der Waals surface area contributed by atoms with Gasteiger partial charge in [0.1, 0.15) is 11.3 Å². The third kappa shape index (κ3) is 4.06. The maximum absolute atomic E-state index is 12.3. The molecule has 1 heterocycles. The minimum Gasteiger partial charge on any atom is -0.497 e. The summed E-state index contributed by atoms with van der Waals surface area (Å²) in [6.07, 6.45) is 1.81. The molecule has 0 unspecified atom stereocenters. The normalized spacial score (nSPS) is 10.8. The number of carbonyl (C=O) groups excluding carboxylic acids is 2. The van der Waals surface area contributed by atoms with Crippen molar-refractivity contribution in [3.05, 3.63) is 78.1 Å². The molecule has 6 heteroatoms. The van der Waals surface area contributed by atoms with Crippen LogP contribution in [0.5, 0.6) is 5.75 Å². The van der Waals surface area contributed by atoms with E-state index in [1.165, 1.54) is 0 Å². The lowest BCUT2D eigenvalue weighted by Crippen LogP contribution is -2.43. The summed E-state index contributed by atoms with van der Waals surface area (Å²) in [5.41, 5.74) is 7.25. The van der Waals surface area contributed by atoms with Crippen LogP contribution in [0.25, 0.3) is 21.7 Å². The number of benzene rings is 3. The molecule has 2 N–H and O–H groups in total. The van der Waals surface area contributed by atoms with E-state index >= 15 is 0 Å². The molecule has 3 aromatic carbocycles. The molecule has 146 valence electrons. The number of methoxy groups -OCH3 is 1. The third-order valence-electron chi connectivity index (χ3n) is 4.79. The van der Waals surface area contributed by atoms with E-state index in [9.17, 15) is 9.59 Å². The molecule has 0 aliphatic carbocycles. The number of rotatable bonds is 5. The molecule has 6 nitrogen and oxygen atoms in total. The minimum atomic E-state index is -0.324. The van der Waals surface area contributed by atoms with Crippen molar-refractivity contribution >= 4 is 33.6 Å². The molecular weight excluding hydrogens is 368 g/mol. The van der Waals surface area contributed by atoms with E-state index in [1.807, 2.05) is 54.6 Å². The molecule has 0 atom stereocenters. The van der Waals surface area contributed by atoms with Gasteiger partial charge in [0.15, 0.2) is 0 Å². The van der Waals surface area contributed by atoms with Gasteiger partial charge in [-0.1, -0.05) is 42.5 Å². The first-order valence-electron chi connectivity index (χ1n) is 9.22. The second-order valence-electron chi connectivity index (χ2n) is 6.71. The predicted molar refractivity (Wildman–Crippen MR) is 110 cm³/mol. The number of ether oxygens (including phenoxy) is 1. The van der Waals surface area contributed by atoms with Crippen molar-refractivity contribution in [2.45, 2.75) is 12.8 Å². The molecule has 4 aromatic rings. The SMILES string of the molecule is COc1ccc2c(CC(=O)NNC(=O)Cc3cccc4ccccc34)coc2c1. The van der Waals surface area contributed by atoms with E-state index in [4.69, 9.17) is 9.15 Å². The van der Waals surface area contributed by atoms with E-state index in [2.05, 4.69) is 10.9 Å². The summed E-state index contributed by atoms with van der Waals surface area (Å²) in [7, 11) is 1.58. The van der Waals surface area contributed by atoms with Crippen molar-refractivity contribution in [1.82, 2.24) is 10.9 Å². The molecule has 0 bridgehead atoms. The van der Waals surface area contributed by atoms with Gasteiger partial charge in [-0.25, -0.2) is 0 Å². The quantitative estimate of drug-likeness (QED) is 0.513. The number of hydrogen-bond acceptors (Lipinski definition) is 4. The van der Waals surface area contributed by atoms with Gasteiger partial charge in [0, 0.05) is 17.0 Å². The van der Waals surface area contributed by atoms with Crippen LogP contribution >= 0.6 is 0 Å². The number of hydrogen-bond donors (Lipinski definition) is 2. The maximum Gasteiger partial charge on any atom is 0.242 e. The van der Waals surface area contributed by atoms with E-state index in [0.29, 0.717) is 11.3 Å². The molecule has 29 heavy (non-hydrogen) atoms. The Morgan fingerprint density at radius 3 is 2.38 bits per heavy atom. The van der Waals surface area contributed by atoms with Gasteiger partial charge in [-0.05, 0) is 28.5 Å². The Kier molecular flexibility index (Phi) is 5.16. The highest BCUT2D eigenvalue weighted by Crippen LogP contribution is 2.25. The fraction of sp³-hybridized carbons (Fsp3) is 0.130. The number of fused-ring (bicyclic) bond motifs is 2. The van der Waals surface area contributed by atoms with Crippen LogP contribution in [-0.4, -0.2) is 18.9 Å². The zero-order valence-corrected chi connectivity index (χ0v) is 15.9. The van der Waals surface area contributed by atoms with Crippen molar-refractivity contribution in [3.63, 3.8) is 0 Å². The summed E-state index contributed by atoms with van der Waals surface area (Å²) >= 11 is 0. The monoisotopic (exact) mass is 388 g/mol. The van der Waals surface area contributed by atoms with Crippen LogP contribution < -0.4 is 15.6 Å². The lowest BCUT2D eigenvalue weighted by Gasteiger charge is -2.09. The Labute approximate surface area is 167 Å². The minimum absolute atomic E-state index is 0.0911. The number of carbonyl (C=O) groups is 2. The third-order valence-corrected chi connectivity index (χ3v) is 4.79. The summed E-state index contributed by atoms with van der Waals surface area (Å²) in [6, 6.07) is 19.1. The Bertz CT molecular complexity index is 1190. The van der Waals surface area contributed by atoms with E-state index < -0.39 is 0 Å². The standard InChI is InChI=1S/C23H20N2O4/c1-28-18-9-10-20-17(14-29-21(20)13-18)12-23(27)25-24-22(26)11-16-7-4-6-15-5-2-3-8-19(15)16/h2-10,13-14H,11-12H2,1H3,(H,24,26)(H,25,27). The molecule has 0 spiro atoms. The van der Waals surface area contributed by atoms with Gasteiger partial charge in [-0.3, -0.25) is 20.4 Å². The molecule has 4 rings (SSSR count). The van der Waals surface area contributed by atoms with E-state index in [0.717, 1.165) is 27.3 Å². The van der Waals surface area contributed by atoms with Gasteiger partial charge < -0.3 is 9.15 Å². The molecule has 1 aromatic heterocycles. The van der Waals surface area contributed by atoms with Gasteiger partial charge in [0.25, 0.3) is 0 Å². The van der Waals surface area contributed by atoms with Crippen LogP contribution in [0.15, 0.2) is 71.3 Å². The number of amides is 2. The number of furan rings is 1. The zero-order valence-electron chi connectivity index (χ0n) is 15.9. The average molecular weight is 388 g/mol. The van der Waals surface area contributed by atoms with Crippen LogP contribution in [-0.2, 0) is 22.4 Å². The molecular formula is C23H20N2O4. The molecule has 2 amide bonds. The average Bonchev–Trinajstić information content (AvgIpc) is 3.14. The molecule has 0 saturated heterocycles. The van der Waals surface area contributed by atoms with Crippen molar-refractivity contribution in [2.24, 2.45) is 0 Å². The second kappa shape index (κ2) is 8.06. The first-order chi connectivity index (χ1) is 14.1. The van der Waals surface area contributed by atoms with Crippen LogP contribution in [0, 0.1) is 0 Å². The van der Waals surface area contributed by atoms with Crippen LogP contribution in [0.3, 0.4) is 0 Å². The zero-order chi connectivity index (χ0) is 20.2. The molecule has 0 fully saturated rings. The fourth-order valence-electron chi connectivity index (χ4n) is 3.35. The summed E-state index contributed by atoms with van der Waals surface area (Å²) in [4.78, 5) is 24.5. The van der Waals surface area contributed by atoms with Gasteiger partial charge in [-0.15, -0.1) is 0 Å². The molecule has 0 aliphatic rings. The number of hydrazine groups is 1. The predicted octanol–water partition coefficient (Wildman–Crippen LogP) is 3.53. The van der Waals surface area contributed by atoms with Gasteiger partial charge in [0.2, 0.25) is 11.8 Å². The van der Waals surface area contributed by atoms with Crippen LogP contribution in [0.1, 0.15) is 11.1 Å². The van der Waals surface area contributed by atoms with E-state index in [-0.39, 0.29) is 24.7 Å². The van der Waals surface area contributed by atoms with Crippen molar-refractivity contribution in [2.75, 3.05) is 7.11 Å². The highest BCUT2D eigenvalue weighted by atomic mass is 16.5. The first-order valence-corrected chi connectivity index (χ1v) is 9.22. The lowest BCUT2D eigenvalue weighted by molar-refractivity contribution is -0.128. The first kappa shape index (κ1) is 18.6. The van der Waals surface area contributed by atoms with Crippen molar-refractivity contribution in [1.29, 1.82) is 0 Å². The summed E-state index contributed by atoms with van der Waals surface area (Å²) in [5.74, 6) is 0.0785. The van der Waals surface area contributed by atoms with Gasteiger partial charge >= 0.3 is 0 Å². The van der Waals surface area contributed by atoms with E-state index in [1.54, 1.807) is 19.4 Å². The topological polar surface area (TPSA) is 80.6 Å². The highest BCUT2D eigenvalue weighted by molar-refractivity contribution is 5.92. The van der Waals surface area contributed by atoms with Gasteiger partial charge in [0.05, 0.1) is 26.2 Å². The van der Waals surface area contributed by atoms with Crippen molar-refractivity contribution in [3.8, 4) is 5.75 Å². The second-order valence-corrected chi connectivity index (χ2v) is 6.71. The molecule has 0 saturated carbocycles. The largest absolute Gasteiger partial charge is 0.497 e. The Hall–Kier alpha value is -3.80.